The van der Waals surface area contributed by atoms with Crippen molar-refractivity contribution in [3.05, 3.63) is 59.2 Å². The van der Waals surface area contributed by atoms with Crippen molar-refractivity contribution >= 4 is 29.2 Å². The summed E-state index contributed by atoms with van der Waals surface area (Å²) in [7, 11) is 0. The number of aliphatic carboxylic acids is 1. The normalized spacial score (nSPS) is 12.1. The highest BCUT2D eigenvalue weighted by Crippen LogP contribution is 2.21. The largest absolute Gasteiger partial charge is 0.480 e. The minimum absolute atomic E-state index is 0.150. The molecule has 154 valence electrons. The number of carbonyl (C=O) groups excluding carboxylic acids is 2. The molecule has 29 heavy (non-hydrogen) atoms. The third-order valence-corrected chi connectivity index (χ3v) is 4.32. The highest BCUT2D eigenvalue weighted by atomic mass is 16.4. The molecular formula is C22H27N3O4. The highest BCUT2D eigenvalue weighted by Gasteiger charge is 2.23. The van der Waals surface area contributed by atoms with Gasteiger partial charge in [0.05, 0.1) is 0 Å². The third-order valence-electron chi connectivity index (χ3n) is 4.32. The van der Waals surface area contributed by atoms with Crippen molar-refractivity contribution in [3.63, 3.8) is 0 Å². The monoisotopic (exact) mass is 397 g/mol. The van der Waals surface area contributed by atoms with E-state index in [1.54, 1.807) is 26.8 Å². The maximum Gasteiger partial charge on any atom is 0.326 e. The van der Waals surface area contributed by atoms with Crippen molar-refractivity contribution < 1.29 is 19.5 Å². The van der Waals surface area contributed by atoms with Gasteiger partial charge in [-0.2, -0.15) is 0 Å². The maximum atomic E-state index is 12.6. The molecule has 7 heteroatoms. The van der Waals surface area contributed by atoms with Crippen LogP contribution in [-0.2, 0) is 16.0 Å². The Labute approximate surface area is 170 Å². The van der Waals surface area contributed by atoms with Gasteiger partial charge in [0.25, 0.3) is 5.91 Å². The van der Waals surface area contributed by atoms with Gasteiger partial charge >= 0.3 is 5.97 Å². The molecule has 5 N–H and O–H groups in total. The Hall–Kier alpha value is -3.35. The van der Waals surface area contributed by atoms with Crippen LogP contribution in [0.2, 0.25) is 0 Å². The van der Waals surface area contributed by atoms with E-state index in [0.29, 0.717) is 5.69 Å². The van der Waals surface area contributed by atoms with Gasteiger partial charge in [0.15, 0.2) is 0 Å². The molecule has 1 atom stereocenters. The first-order chi connectivity index (χ1) is 13.5. The second-order valence-electron chi connectivity index (χ2n) is 8.10. The number of nitrogen functional groups attached to an aromatic ring is 1. The molecule has 0 aromatic heterocycles. The number of aryl methyl sites for hydroxylation is 1. The number of hydrogen-bond acceptors (Lipinski definition) is 4. The number of hydrogen-bond donors (Lipinski definition) is 4. The van der Waals surface area contributed by atoms with Gasteiger partial charge in [-0.05, 0) is 30.7 Å². The molecule has 0 saturated carbocycles. The highest BCUT2D eigenvalue weighted by molar-refractivity contribution is 6.00. The van der Waals surface area contributed by atoms with Gasteiger partial charge in [-0.15, -0.1) is 0 Å². The first kappa shape index (κ1) is 21.9. The number of nitrogens with one attached hydrogen (secondary N) is 2. The molecule has 2 amide bonds. The molecule has 7 nitrogen and oxygen atoms in total. The topological polar surface area (TPSA) is 122 Å². The van der Waals surface area contributed by atoms with E-state index in [1.165, 1.54) is 12.1 Å². The van der Waals surface area contributed by atoms with E-state index in [4.69, 9.17) is 5.73 Å². The van der Waals surface area contributed by atoms with Crippen LogP contribution >= 0.6 is 0 Å². The smallest absolute Gasteiger partial charge is 0.326 e. The standard InChI is InChI=1S/C22H27N3O4/c1-13-5-7-14(8-6-13)9-18(20(27)28)25-19(26)15-10-16(23)12-17(11-15)24-21(29)22(2,3)4/h5-8,10-12,18H,9,23H2,1-4H3,(H,24,29)(H,25,26)(H,27,28). The lowest BCUT2D eigenvalue weighted by Crippen LogP contribution is -2.42. The number of amides is 2. The fraction of sp³-hybridized carbons (Fsp3) is 0.318. The number of rotatable bonds is 6. The molecule has 0 heterocycles. The van der Waals surface area contributed by atoms with Crippen LogP contribution in [-0.4, -0.2) is 28.9 Å². The molecule has 0 aliphatic carbocycles. The van der Waals surface area contributed by atoms with Gasteiger partial charge in [-0.25, -0.2) is 4.79 Å². The number of benzene rings is 2. The van der Waals surface area contributed by atoms with E-state index in [-0.39, 0.29) is 23.6 Å². The van der Waals surface area contributed by atoms with E-state index >= 15 is 0 Å². The van der Waals surface area contributed by atoms with Crippen molar-refractivity contribution in [2.45, 2.75) is 40.2 Å². The summed E-state index contributed by atoms with van der Waals surface area (Å²) in [5.41, 5.74) is 7.94. The molecular weight excluding hydrogens is 370 g/mol. The summed E-state index contributed by atoms with van der Waals surface area (Å²) in [6, 6.07) is 10.8. The van der Waals surface area contributed by atoms with Crippen molar-refractivity contribution in [2.75, 3.05) is 11.1 Å². The molecule has 0 aliphatic heterocycles. The molecule has 0 spiro atoms. The number of carboxylic acids is 1. The van der Waals surface area contributed by atoms with E-state index in [0.717, 1.165) is 11.1 Å². The lowest BCUT2D eigenvalue weighted by atomic mass is 9.95. The summed E-state index contributed by atoms with van der Waals surface area (Å²) in [4.78, 5) is 36.5. The summed E-state index contributed by atoms with van der Waals surface area (Å²) < 4.78 is 0. The second-order valence-corrected chi connectivity index (χ2v) is 8.10. The predicted octanol–water partition coefficient (Wildman–Crippen LogP) is 2.99. The van der Waals surface area contributed by atoms with Gasteiger partial charge in [0.2, 0.25) is 5.91 Å². The first-order valence-corrected chi connectivity index (χ1v) is 9.27. The van der Waals surface area contributed by atoms with Crippen molar-refractivity contribution in [1.82, 2.24) is 5.32 Å². The maximum absolute atomic E-state index is 12.6. The Morgan fingerprint density at radius 1 is 1.07 bits per heavy atom. The molecule has 0 bridgehead atoms. The Balaban J connectivity index is 2.18. The number of carbonyl (C=O) groups is 3. The van der Waals surface area contributed by atoms with Crippen LogP contribution in [0.3, 0.4) is 0 Å². The molecule has 2 aromatic rings. The summed E-state index contributed by atoms with van der Waals surface area (Å²) >= 11 is 0. The summed E-state index contributed by atoms with van der Waals surface area (Å²) in [6.45, 7) is 7.25. The van der Waals surface area contributed by atoms with E-state index in [1.807, 2.05) is 31.2 Å². The van der Waals surface area contributed by atoms with Crippen molar-refractivity contribution in [1.29, 1.82) is 0 Å². The van der Waals surface area contributed by atoms with Gasteiger partial charge in [0, 0.05) is 28.8 Å². The van der Waals surface area contributed by atoms with E-state index < -0.39 is 23.3 Å². The lowest BCUT2D eigenvalue weighted by Gasteiger charge is -2.19. The zero-order chi connectivity index (χ0) is 21.8. The summed E-state index contributed by atoms with van der Waals surface area (Å²) in [6.07, 6.45) is 0.150. The predicted molar refractivity (Wildman–Crippen MR) is 113 cm³/mol. The average Bonchev–Trinajstić information content (AvgIpc) is 2.61. The Kier molecular flexibility index (Phi) is 6.64. The molecule has 1 unspecified atom stereocenters. The molecule has 0 aliphatic rings. The second kappa shape index (κ2) is 8.77. The Morgan fingerprint density at radius 2 is 1.69 bits per heavy atom. The fourth-order valence-corrected chi connectivity index (χ4v) is 2.58. The fourth-order valence-electron chi connectivity index (χ4n) is 2.58. The number of anilines is 2. The van der Waals surface area contributed by atoms with Crippen LogP contribution in [0.5, 0.6) is 0 Å². The minimum atomic E-state index is -1.14. The first-order valence-electron chi connectivity index (χ1n) is 9.27. The Morgan fingerprint density at radius 3 is 2.24 bits per heavy atom. The zero-order valence-electron chi connectivity index (χ0n) is 17.1. The third kappa shape index (κ3) is 6.34. The van der Waals surface area contributed by atoms with E-state index in [2.05, 4.69) is 10.6 Å². The van der Waals surface area contributed by atoms with Gasteiger partial charge in [-0.3, -0.25) is 9.59 Å². The Bertz CT molecular complexity index is 915. The SMILES string of the molecule is Cc1ccc(CC(NC(=O)c2cc(N)cc(NC(=O)C(C)(C)C)c2)C(=O)O)cc1. The van der Waals surface area contributed by atoms with Crippen molar-refractivity contribution in [3.8, 4) is 0 Å². The molecule has 0 radical (unpaired) electrons. The van der Waals surface area contributed by atoms with Crippen LogP contribution in [0.1, 0.15) is 42.3 Å². The van der Waals surface area contributed by atoms with Gasteiger partial charge in [0.1, 0.15) is 6.04 Å². The summed E-state index contributed by atoms with van der Waals surface area (Å²) in [5, 5.41) is 14.8. The number of nitrogens with two attached hydrogens (primary N) is 1. The van der Waals surface area contributed by atoms with Gasteiger partial charge < -0.3 is 21.5 Å². The molecule has 0 saturated heterocycles. The van der Waals surface area contributed by atoms with Crippen LogP contribution in [0.15, 0.2) is 42.5 Å². The molecule has 0 fully saturated rings. The minimum Gasteiger partial charge on any atom is -0.480 e. The van der Waals surface area contributed by atoms with Gasteiger partial charge in [-0.1, -0.05) is 50.6 Å². The van der Waals surface area contributed by atoms with Crippen LogP contribution in [0, 0.1) is 12.3 Å². The van der Waals surface area contributed by atoms with Crippen LogP contribution < -0.4 is 16.4 Å². The van der Waals surface area contributed by atoms with Crippen LogP contribution in [0.4, 0.5) is 11.4 Å². The number of carboxylic acid groups (broad SMARTS) is 1. The molecule has 2 aromatic carbocycles. The molecule has 2 rings (SSSR count). The lowest BCUT2D eigenvalue weighted by molar-refractivity contribution is -0.139. The van der Waals surface area contributed by atoms with E-state index in [9.17, 15) is 19.5 Å². The van der Waals surface area contributed by atoms with Crippen molar-refractivity contribution in [2.24, 2.45) is 5.41 Å². The zero-order valence-corrected chi connectivity index (χ0v) is 17.1. The quantitative estimate of drug-likeness (QED) is 0.558. The van der Waals surface area contributed by atoms with Crippen LogP contribution in [0.25, 0.3) is 0 Å². The summed E-state index contributed by atoms with van der Waals surface area (Å²) in [5.74, 6) is -1.94. The average molecular weight is 397 g/mol.